The molecule has 1 heterocycles. The number of hydrogen-bond donors (Lipinski definition) is 2. The van der Waals surface area contributed by atoms with E-state index in [0.717, 1.165) is 42.7 Å². The van der Waals surface area contributed by atoms with E-state index in [4.69, 9.17) is 10.5 Å². The molecule has 2 rings (SSSR count). The van der Waals surface area contributed by atoms with Crippen molar-refractivity contribution in [2.45, 2.75) is 19.3 Å². The topological polar surface area (TPSA) is 55.5 Å². The highest BCUT2D eigenvalue weighted by atomic mass is 16.5. The van der Waals surface area contributed by atoms with Crippen LogP contribution in [0.5, 0.6) is 11.5 Å². The molecular formula is C11H15NO2. The van der Waals surface area contributed by atoms with Crippen LogP contribution < -0.4 is 10.5 Å². The third-order valence-electron chi connectivity index (χ3n) is 2.54. The molecule has 0 unspecified atom stereocenters. The molecule has 0 saturated heterocycles. The van der Waals surface area contributed by atoms with Gasteiger partial charge in [-0.05, 0) is 37.1 Å². The van der Waals surface area contributed by atoms with Gasteiger partial charge < -0.3 is 15.6 Å². The molecule has 0 fully saturated rings. The Hall–Kier alpha value is -1.22. The van der Waals surface area contributed by atoms with Crippen LogP contribution in [0, 0.1) is 0 Å². The van der Waals surface area contributed by atoms with E-state index in [0.29, 0.717) is 12.3 Å². The van der Waals surface area contributed by atoms with Gasteiger partial charge in [-0.25, -0.2) is 0 Å². The SMILES string of the molecule is NCCCc1cc2c(cc1O)CCO2. The largest absolute Gasteiger partial charge is 0.508 e. The zero-order valence-corrected chi connectivity index (χ0v) is 8.12. The quantitative estimate of drug-likeness (QED) is 0.758. The monoisotopic (exact) mass is 193 g/mol. The van der Waals surface area contributed by atoms with E-state index >= 15 is 0 Å². The van der Waals surface area contributed by atoms with E-state index in [1.807, 2.05) is 12.1 Å². The van der Waals surface area contributed by atoms with Gasteiger partial charge in [0, 0.05) is 12.0 Å². The first-order valence-electron chi connectivity index (χ1n) is 4.99. The Morgan fingerprint density at radius 2 is 2.29 bits per heavy atom. The minimum Gasteiger partial charge on any atom is -0.508 e. The van der Waals surface area contributed by atoms with Crippen molar-refractivity contribution >= 4 is 0 Å². The third kappa shape index (κ3) is 1.68. The lowest BCUT2D eigenvalue weighted by Crippen LogP contribution is -2.00. The highest BCUT2D eigenvalue weighted by molar-refractivity contribution is 5.47. The summed E-state index contributed by atoms with van der Waals surface area (Å²) in [5.74, 6) is 1.30. The Labute approximate surface area is 83.5 Å². The first-order valence-corrected chi connectivity index (χ1v) is 4.99. The predicted octanol–water partition coefficient (Wildman–Crippen LogP) is 1.22. The second-order valence-corrected chi connectivity index (χ2v) is 3.58. The highest BCUT2D eigenvalue weighted by Gasteiger charge is 2.15. The summed E-state index contributed by atoms with van der Waals surface area (Å²) >= 11 is 0. The lowest BCUT2D eigenvalue weighted by Gasteiger charge is -2.06. The molecule has 3 nitrogen and oxygen atoms in total. The smallest absolute Gasteiger partial charge is 0.123 e. The Morgan fingerprint density at radius 1 is 1.43 bits per heavy atom. The molecule has 3 N–H and O–H groups in total. The summed E-state index contributed by atoms with van der Waals surface area (Å²) in [6.45, 7) is 1.38. The zero-order chi connectivity index (χ0) is 9.97. The number of aromatic hydroxyl groups is 1. The molecule has 1 aromatic carbocycles. The molecule has 0 amide bonds. The number of nitrogens with two attached hydrogens (primary N) is 1. The number of rotatable bonds is 3. The van der Waals surface area contributed by atoms with Crippen molar-refractivity contribution in [3.05, 3.63) is 23.3 Å². The summed E-state index contributed by atoms with van der Waals surface area (Å²) in [6.07, 6.45) is 2.62. The molecular weight excluding hydrogens is 178 g/mol. The standard InChI is InChI=1S/C11H15NO2/c12-4-1-2-8-7-11-9(3-5-14-11)6-10(8)13/h6-7,13H,1-5,12H2. The van der Waals surface area contributed by atoms with Gasteiger partial charge in [-0.15, -0.1) is 0 Å². The van der Waals surface area contributed by atoms with Crippen molar-refractivity contribution in [2.24, 2.45) is 5.73 Å². The summed E-state index contributed by atoms with van der Waals surface area (Å²) in [5, 5.41) is 9.70. The van der Waals surface area contributed by atoms with E-state index in [2.05, 4.69) is 0 Å². The van der Waals surface area contributed by atoms with Crippen molar-refractivity contribution in [3.8, 4) is 11.5 Å². The highest BCUT2D eigenvalue weighted by Crippen LogP contribution is 2.32. The van der Waals surface area contributed by atoms with E-state index in [1.165, 1.54) is 0 Å². The van der Waals surface area contributed by atoms with Crippen LogP contribution in [0.15, 0.2) is 12.1 Å². The molecule has 0 aromatic heterocycles. The number of phenols is 1. The van der Waals surface area contributed by atoms with Gasteiger partial charge in [-0.1, -0.05) is 0 Å². The fourth-order valence-electron chi connectivity index (χ4n) is 1.75. The Balaban J connectivity index is 2.23. The Kier molecular flexibility index (Phi) is 2.59. The van der Waals surface area contributed by atoms with Crippen LogP contribution in [-0.4, -0.2) is 18.3 Å². The molecule has 3 heteroatoms. The molecule has 1 aromatic rings. The van der Waals surface area contributed by atoms with Crippen LogP contribution in [-0.2, 0) is 12.8 Å². The predicted molar refractivity (Wildman–Crippen MR) is 54.7 cm³/mol. The van der Waals surface area contributed by atoms with Gasteiger partial charge in [-0.2, -0.15) is 0 Å². The first-order chi connectivity index (χ1) is 6.81. The summed E-state index contributed by atoms with van der Waals surface area (Å²) in [7, 11) is 0. The zero-order valence-electron chi connectivity index (χ0n) is 8.12. The first kappa shape index (κ1) is 9.34. The Bertz CT molecular complexity index is 336. The second-order valence-electron chi connectivity index (χ2n) is 3.58. The van der Waals surface area contributed by atoms with Gasteiger partial charge in [0.1, 0.15) is 11.5 Å². The molecule has 0 radical (unpaired) electrons. The maximum Gasteiger partial charge on any atom is 0.123 e. The fourth-order valence-corrected chi connectivity index (χ4v) is 1.75. The van der Waals surface area contributed by atoms with Crippen LogP contribution in [0.1, 0.15) is 17.5 Å². The van der Waals surface area contributed by atoms with Gasteiger partial charge in [0.25, 0.3) is 0 Å². The number of benzene rings is 1. The number of aryl methyl sites for hydroxylation is 1. The van der Waals surface area contributed by atoms with E-state index in [9.17, 15) is 5.11 Å². The van der Waals surface area contributed by atoms with Crippen molar-refractivity contribution in [2.75, 3.05) is 13.2 Å². The molecule has 1 aliphatic heterocycles. The molecule has 1 aliphatic rings. The molecule has 0 aliphatic carbocycles. The molecule has 14 heavy (non-hydrogen) atoms. The van der Waals surface area contributed by atoms with Crippen molar-refractivity contribution < 1.29 is 9.84 Å². The average molecular weight is 193 g/mol. The van der Waals surface area contributed by atoms with Gasteiger partial charge in [0.2, 0.25) is 0 Å². The van der Waals surface area contributed by atoms with Gasteiger partial charge in [0.05, 0.1) is 6.61 Å². The van der Waals surface area contributed by atoms with E-state index < -0.39 is 0 Å². The van der Waals surface area contributed by atoms with Crippen LogP contribution in [0.25, 0.3) is 0 Å². The lowest BCUT2D eigenvalue weighted by molar-refractivity contribution is 0.356. The summed E-state index contributed by atoms with van der Waals surface area (Å²) in [6, 6.07) is 3.75. The Morgan fingerprint density at radius 3 is 3.07 bits per heavy atom. The minimum absolute atomic E-state index is 0.378. The van der Waals surface area contributed by atoms with Crippen molar-refractivity contribution in [1.82, 2.24) is 0 Å². The van der Waals surface area contributed by atoms with Crippen LogP contribution in [0.4, 0.5) is 0 Å². The normalized spacial score (nSPS) is 13.8. The molecule has 0 atom stereocenters. The van der Waals surface area contributed by atoms with Crippen molar-refractivity contribution in [3.63, 3.8) is 0 Å². The maximum atomic E-state index is 9.70. The summed E-state index contributed by atoms with van der Waals surface area (Å²) in [5.41, 5.74) is 7.48. The number of hydrogen-bond acceptors (Lipinski definition) is 3. The van der Waals surface area contributed by atoms with E-state index in [-0.39, 0.29) is 0 Å². The van der Waals surface area contributed by atoms with Crippen LogP contribution >= 0.6 is 0 Å². The fraction of sp³-hybridized carbons (Fsp3) is 0.455. The lowest BCUT2D eigenvalue weighted by atomic mass is 10.0. The van der Waals surface area contributed by atoms with Gasteiger partial charge in [0.15, 0.2) is 0 Å². The maximum absolute atomic E-state index is 9.70. The summed E-state index contributed by atoms with van der Waals surface area (Å²) in [4.78, 5) is 0. The summed E-state index contributed by atoms with van der Waals surface area (Å²) < 4.78 is 5.43. The molecule has 0 spiro atoms. The van der Waals surface area contributed by atoms with Crippen LogP contribution in [0.3, 0.4) is 0 Å². The van der Waals surface area contributed by atoms with Crippen LogP contribution in [0.2, 0.25) is 0 Å². The van der Waals surface area contributed by atoms with Crippen molar-refractivity contribution in [1.29, 1.82) is 0 Å². The molecule has 0 saturated carbocycles. The molecule has 0 bridgehead atoms. The second kappa shape index (κ2) is 3.88. The number of ether oxygens (including phenoxy) is 1. The van der Waals surface area contributed by atoms with Gasteiger partial charge >= 0.3 is 0 Å². The number of fused-ring (bicyclic) bond motifs is 1. The minimum atomic E-state index is 0.378. The number of phenolic OH excluding ortho intramolecular Hbond substituents is 1. The van der Waals surface area contributed by atoms with E-state index in [1.54, 1.807) is 0 Å². The molecule has 76 valence electrons. The third-order valence-corrected chi connectivity index (χ3v) is 2.54. The average Bonchev–Trinajstić information content (AvgIpc) is 2.61. The van der Waals surface area contributed by atoms with Gasteiger partial charge in [-0.3, -0.25) is 0 Å².